The first-order valence-electron chi connectivity index (χ1n) is 8.35. The zero-order valence-corrected chi connectivity index (χ0v) is 13.1. The van der Waals surface area contributed by atoms with Crippen molar-refractivity contribution in [2.24, 2.45) is 7.05 Å². The topological polar surface area (TPSA) is 60.0 Å². The molecular weight excluding hydrogens is 278 g/mol. The Hall–Kier alpha value is -1.69. The molecule has 6 heteroatoms. The molecule has 0 aromatic carbocycles. The van der Waals surface area contributed by atoms with Crippen molar-refractivity contribution in [2.45, 2.75) is 50.5 Å². The summed E-state index contributed by atoms with van der Waals surface area (Å²) in [6.07, 6.45) is 11.5. The third-order valence-corrected chi connectivity index (χ3v) is 5.14. The fourth-order valence-corrected chi connectivity index (χ4v) is 3.83. The molecule has 1 saturated heterocycles. The molecule has 0 amide bonds. The number of aromatic nitrogens is 4. The van der Waals surface area contributed by atoms with Crippen LogP contribution in [-0.4, -0.2) is 43.8 Å². The maximum atomic E-state index is 5.92. The van der Waals surface area contributed by atoms with Crippen LogP contribution in [-0.2, 0) is 7.05 Å². The van der Waals surface area contributed by atoms with Crippen molar-refractivity contribution in [3.05, 3.63) is 18.4 Å². The molecule has 3 heterocycles. The number of likely N-dealkylation sites (tertiary alicyclic amines) is 1. The average molecular weight is 301 g/mol. The highest BCUT2D eigenvalue weighted by Gasteiger charge is 2.32. The quantitative estimate of drug-likeness (QED) is 0.872. The van der Waals surface area contributed by atoms with E-state index in [1.54, 1.807) is 12.5 Å². The van der Waals surface area contributed by atoms with Crippen LogP contribution in [0.25, 0.3) is 11.6 Å². The number of hydrogen-bond donors (Lipinski definition) is 0. The molecule has 0 radical (unpaired) electrons. The van der Waals surface area contributed by atoms with E-state index < -0.39 is 0 Å². The number of rotatable bonds is 3. The Kier molecular flexibility index (Phi) is 3.70. The van der Waals surface area contributed by atoms with E-state index in [-0.39, 0.29) is 0 Å². The van der Waals surface area contributed by atoms with Crippen LogP contribution in [0.15, 0.2) is 16.9 Å². The van der Waals surface area contributed by atoms with E-state index in [9.17, 15) is 0 Å². The van der Waals surface area contributed by atoms with Gasteiger partial charge in [0, 0.05) is 19.6 Å². The minimum Gasteiger partial charge on any atom is -0.419 e. The van der Waals surface area contributed by atoms with Crippen LogP contribution >= 0.6 is 0 Å². The number of aryl methyl sites for hydroxylation is 1. The second-order valence-corrected chi connectivity index (χ2v) is 6.61. The number of nitrogens with zero attached hydrogens (tertiary/aromatic N) is 5. The Balaban J connectivity index is 1.45. The van der Waals surface area contributed by atoms with Crippen LogP contribution in [0.5, 0.6) is 0 Å². The molecule has 2 aliphatic rings. The van der Waals surface area contributed by atoms with E-state index in [4.69, 9.17) is 4.42 Å². The Morgan fingerprint density at radius 3 is 2.77 bits per heavy atom. The van der Waals surface area contributed by atoms with Crippen molar-refractivity contribution in [3.63, 3.8) is 0 Å². The van der Waals surface area contributed by atoms with Gasteiger partial charge in [0.05, 0.1) is 18.4 Å². The van der Waals surface area contributed by atoms with Crippen LogP contribution in [0.4, 0.5) is 0 Å². The van der Waals surface area contributed by atoms with Gasteiger partial charge >= 0.3 is 0 Å². The minimum atomic E-state index is 0.386. The Morgan fingerprint density at radius 1 is 1.14 bits per heavy atom. The van der Waals surface area contributed by atoms with Crippen LogP contribution in [0, 0.1) is 0 Å². The molecule has 2 aromatic rings. The summed E-state index contributed by atoms with van der Waals surface area (Å²) in [6, 6.07) is 0.776. The molecule has 6 nitrogen and oxygen atoms in total. The third kappa shape index (κ3) is 2.56. The van der Waals surface area contributed by atoms with Crippen LogP contribution in [0.1, 0.15) is 50.3 Å². The van der Waals surface area contributed by atoms with Gasteiger partial charge in [-0.05, 0) is 25.8 Å². The van der Waals surface area contributed by atoms with E-state index in [2.05, 4.69) is 20.1 Å². The molecule has 2 fully saturated rings. The first kappa shape index (κ1) is 13.9. The van der Waals surface area contributed by atoms with Gasteiger partial charge < -0.3 is 8.98 Å². The van der Waals surface area contributed by atoms with Crippen LogP contribution < -0.4 is 0 Å². The molecule has 1 atom stereocenters. The first-order chi connectivity index (χ1) is 10.8. The highest BCUT2D eigenvalue weighted by atomic mass is 16.4. The summed E-state index contributed by atoms with van der Waals surface area (Å²) < 4.78 is 7.82. The Bertz CT molecular complexity index is 628. The Morgan fingerprint density at radius 2 is 2.00 bits per heavy atom. The van der Waals surface area contributed by atoms with E-state index in [0.29, 0.717) is 11.8 Å². The molecular formula is C16H23N5O. The second kappa shape index (κ2) is 5.83. The highest BCUT2D eigenvalue weighted by Crippen LogP contribution is 2.32. The van der Waals surface area contributed by atoms with Gasteiger partial charge in [-0.25, -0.2) is 4.98 Å². The molecule has 1 unspecified atom stereocenters. The van der Waals surface area contributed by atoms with E-state index in [0.717, 1.165) is 30.6 Å². The normalized spacial score (nSPS) is 24.1. The molecule has 0 N–H and O–H groups in total. The molecule has 1 saturated carbocycles. The fourth-order valence-electron chi connectivity index (χ4n) is 3.83. The molecule has 118 valence electrons. The number of imidazole rings is 1. The van der Waals surface area contributed by atoms with Gasteiger partial charge in [0.15, 0.2) is 0 Å². The summed E-state index contributed by atoms with van der Waals surface area (Å²) in [5.41, 5.74) is 0.876. The van der Waals surface area contributed by atoms with Crippen molar-refractivity contribution in [2.75, 3.05) is 13.1 Å². The van der Waals surface area contributed by atoms with Crippen molar-refractivity contribution in [3.8, 4) is 11.6 Å². The van der Waals surface area contributed by atoms with Gasteiger partial charge in [0.25, 0.3) is 5.89 Å². The fraction of sp³-hybridized carbons (Fsp3) is 0.688. The van der Waals surface area contributed by atoms with Crippen molar-refractivity contribution >= 4 is 0 Å². The van der Waals surface area contributed by atoms with Crippen molar-refractivity contribution in [1.29, 1.82) is 0 Å². The summed E-state index contributed by atoms with van der Waals surface area (Å²) in [7, 11) is 1.94. The maximum Gasteiger partial charge on any atom is 0.265 e. The molecule has 0 bridgehead atoms. The van der Waals surface area contributed by atoms with Gasteiger partial charge in [-0.2, -0.15) is 0 Å². The maximum absolute atomic E-state index is 5.92. The lowest BCUT2D eigenvalue weighted by molar-refractivity contribution is 0.187. The SMILES string of the molecule is Cn1cncc1-c1nnc(C2CCN(C3CCCCC3)C2)o1. The molecule has 1 aliphatic heterocycles. The largest absolute Gasteiger partial charge is 0.419 e. The lowest BCUT2D eigenvalue weighted by Gasteiger charge is -2.30. The van der Waals surface area contributed by atoms with E-state index in [1.165, 1.54) is 38.6 Å². The van der Waals surface area contributed by atoms with Gasteiger partial charge in [0.2, 0.25) is 5.89 Å². The van der Waals surface area contributed by atoms with Gasteiger partial charge in [-0.15, -0.1) is 10.2 Å². The molecule has 4 rings (SSSR count). The summed E-state index contributed by atoms with van der Waals surface area (Å²) in [4.78, 5) is 6.74. The lowest BCUT2D eigenvalue weighted by Crippen LogP contribution is -2.34. The summed E-state index contributed by atoms with van der Waals surface area (Å²) in [5, 5.41) is 8.50. The predicted molar refractivity (Wildman–Crippen MR) is 82.3 cm³/mol. The van der Waals surface area contributed by atoms with Crippen LogP contribution in [0.2, 0.25) is 0 Å². The minimum absolute atomic E-state index is 0.386. The molecule has 1 aliphatic carbocycles. The number of hydrogen-bond acceptors (Lipinski definition) is 5. The monoisotopic (exact) mass is 301 g/mol. The average Bonchev–Trinajstić information content (AvgIpc) is 3.27. The smallest absolute Gasteiger partial charge is 0.265 e. The van der Waals surface area contributed by atoms with Crippen LogP contribution in [0.3, 0.4) is 0 Å². The van der Waals surface area contributed by atoms with Crippen molar-refractivity contribution in [1.82, 2.24) is 24.6 Å². The van der Waals surface area contributed by atoms with E-state index >= 15 is 0 Å². The Labute approximate surface area is 130 Å². The predicted octanol–water partition coefficient (Wildman–Crippen LogP) is 2.59. The molecule has 22 heavy (non-hydrogen) atoms. The summed E-state index contributed by atoms with van der Waals surface area (Å²) >= 11 is 0. The zero-order chi connectivity index (χ0) is 14.9. The van der Waals surface area contributed by atoms with Gasteiger partial charge in [-0.3, -0.25) is 4.90 Å². The van der Waals surface area contributed by atoms with Gasteiger partial charge in [-0.1, -0.05) is 19.3 Å². The molecule has 0 spiro atoms. The lowest BCUT2D eigenvalue weighted by atomic mass is 9.94. The summed E-state index contributed by atoms with van der Waals surface area (Å²) in [6.45, 7) is 2.23. The van der Waals surface area contributed by atoms with Gasteiger partial charge in [0.1, 0.15) is 5.69 Å². The first-order valence-corrected chi connectivity index (χ1v) is 8.35. The zero-order valence-electron chi connectivity index (χ0n) is 13.1. The third-order valence-electron chi connectivity index (χ3n) is 5.14. The summed E-state index contributed by atoms with van der Waals surface area (Å²) in [5.74, 6) is 1.75. The van der Waals surface area contributed by atoms with E-state index in [1.807, 2.05) is 11.6 Å². The standard InChI is InChI=1S/C16H23N5O/c1-20-11-17-9-14(20)16-19-18-15(22-16)12-7-8-21(10-12)13-5-3-2-4-6-13/h9,11-13H,2-8,10H2,1H3. The second-order valence-electron chi connectivity index (χ2n) is 6.61. The molecule has 2 aromatic heterocycles. The van der Waals surface area contributed by atoms with Crippen molar-refractivity contribution < 1.29 is 4.42 Å². The highest BCUT2D eigenvalue weighted by molar-refractivity contribution is 5.44.